The molecule has 0 aliphatic carbocycles. The van der Waals surface area contributed by atoms with Gasteiger partial charge in [-0.1, -0.05) is 195 Å². The molecule has 0 saturated heterocycles. The molecule has 0 rings (SSSR count). The van der Waals surface area contributed by atoms with Gasteiger partial charge in [0.2, 0.25) is 0 Å². The Hall–Kier alpha value is -3.67. The van der Waals surface area contributed by atoms with E-state index in [-0.39, 0.29) is 37.5 Å². The molecule has 1 unspecified atom stereocenters. The third-order valence-electron chi connectivity index (χ3n) is 9.84. The number of hydrogen-bond donors (Lipinski definition) is 0. The summed E-state index contributed by atoms with van der Waals surface area (Å²) in [6.45, 7) is 6.36. The number of allylic oxidation sites excluding steroid dienone is 16. The zero-order valence-corrected chi connectivity index (χ0v) is 38.7. The summed E-state index contributed by atoms with van der Waals surface area (Å²) in [6.07, 6.45) is 62.7. The van der Waals surface area contributed by atoms with Crippen LogP contribution in [0.25, 0.3) is 0 Å². The predicted octanol–water partition coefficient (Wildman–Crippen LogP) is 15.8. The Kier molecular flexibility index (Phi) is 45.1. The molecule has 0 heterocycles. The van der Waals surface area contributed by atoms with E-state index in [2.05, 4.69) is 106 Å². The van der Waals surface area contributed by atoms with Crippen LogP contribution in [0.1, 0.15) is 207 Å². The van der Waals surface area contributed by atoms with Crippen molar-refractivity contribution in [2.75, 3.05) is 13.2 Å². The summed E-state index contributed by atoms with van der Waals surface area (Å²) >= 11 is 0. The lowest BCUT2D eigenvalue weighted by atomic mass is 10.1. The van der Waals surface area contributed by atoms with Crippen LogP contribution in [0, 0.1) is 0 Å². The van der Waals surface area contributed by atoms with Crippen LogP contribution >= 0.6 is 0 Å². The van der Waals surface area contributed by atoms with Crippen LogP contribution in [0.4, 0.5) is 0 Å². The second-order valence-electron chi connectivity index (χ2n) is 15.6. The molecule has 0 bridgehead atoms. The summed E-state index contributed by atoms with van der Waals surface area (Å²) in [7, 11) is 0. The number of esters is 3. The molecule has 6 heteroatoms. The molecule has 1 atom stereocenters. The molecular weight excluding hydrogens is 745 g/mol. The van der Waals surface area contributed by atoms with Crippen molar-refractivity contribution < 1.29 is 28.6 Å². The highest BCUT2D eigenvalue weighted by Crippen LogP contribution is 2.12. The average molecular weight is 833 g/mol. The molecule has 0 spiro atoms. The Morgan fingerprint density at radius 3 is 1.13 bits per heavy atom. The molecule has 0 saturated carbocycles. The number of rotatable bonds is 42. The van der Waals surface area contributed by atoms with Gasteiger partial charge < -0.3 is 14.2 Å². The van der Waals surface area contributed by atoms with Gasteiger partial charge in [-0.2, -0.15) is 0 Å². The van der Waals surface area contributed by atoms with Gasteiger partial charge in [-0.15, -0.1) is 0 Å². The minimum absolute atomic E-state index is 0.107. The van der Waals surface area contributed by atoms with Gasteiger partial charge in [-0.05, 0) is 89.9 Å². The Morgan fingerprint density at radius 2 is 0.683 bits per heavy atom. The largest absolute Gasteiger partial charge is 0.462 e. The molecule has 6 nitrogen and oxygen atoms in total. The van der Waals surface area contributed by atoms with Crippen LogP contribution in [-0.2, 0) is 28.6 Å². The van der Waals surface area contributed by atoms with E-state index in [1.165, 1.54) is 57.8 Å². The van der Waals surface area contributed by atoms with E-state index in [0.29, 0.717) is 19.3 Å². The molecule has 0 N–H and O–H groups in total. The van der Waals surface area contributed by atoms with Gasteiger partial charge in [-0.3, -0.25) is 14.4 Å². The first kappa shape index (κ1) is 56.3. The van der Waals surface area contributed by atoms with Crippen LogP contribution in [0.5, 0.6) is 0 Å². The number of carbonyl (C=O) groups is 3. The standard InChI is InChI=1S/C54H88O6/c1-4-7-10-13-16-18-20-22-24-26-27-28-30-31-33-35-38-41-44-47-53(56)59-50-51(49-58-52(55)46-43-40-37-15-12-9-6-3)60-54(57)48-45-42-39-36-34-32-29-25-23-21-19-17-14-11-8-5-2/h7,10,16,18-19,21-22,24-25,27-29,31,33,38,41,51H,4-6,8-9,11-15,17,20,23,26,30,32,34-37,39-40,42-50H2,1-3H3/b10-7-,18-16-,21-19-,24-22-,28-27-,29-25-,33-31-,41-38-. The fourth-order valence-electron chi connectivity index (χ4n) is 6.20. The molecule has 0 aliphatic heterocycles. The van der Waals surface area contributed by atoms with Crippen LogP contribution in [0.3, 0.4) is 0 Å². The first-order chi connectivity index (χ1) is 29.5. The van der Waals surface area contributed by atoms with Gasteiger partial charge in [0.05, 0.1) is 0 Å². The van der Waals surface area contributed by atoms with Crippen molar-refractivity contribution in [2.45, 2.75) is 213 Å². The topological polar surface area (TPSA) is 78.9 Å². The first-order valence-corrected chi connectivity index (χ1v) is 24.2. The van der Waals surface area contributed by atoms with Crippen LogP contribution in [0.15, 0.2) is 97.2 Å². The summed E-state index contributed by atoms with van der Waals surface area (Å²) in [5.41, 5.74) is 0. The minimum atomic E-state index is -0.812. The Balaban J connectivity index is 4.45. The van der Waals surface area contributed by atoms with Gasteiger partial charge in [0.15, 0.2) is 6.10 Å². The normalized spacial score (nSPS) is 12.9. The first-order valence-electron chi connectivity index (χ1n) is 24.2. The number of ether oxygens (including phenoxy) is 3. The van der Waals surface area contributed by atoms with E-state index in [4.69, 9.17) is 14.2 Å². The van der Waals surface area contributed by atoms with Crippen molar-refractivity contribution in [1.82, 2.24) is 0 Å². The quantitative estimate of drug-likeness (QED) is 0.0264. The van der Waals surface area contributed by atoms with E-state index < -0.39 is 6.10 Å². The fraction of sp³-hybridized carbons (Fsp3) is 0.648. The highest BCUT2D eigenvalue weighted by Gasteiger charge is 2.19. The predicted molar refractivity (Wildman–Crippen MR) is 256 cm³/mol. The highest BCUT2D eigenvalue weighted by atomic mass is 16.6. The van der Waals surface area contributed by atoms with Crippen molar-refractivity contribution in [3.63, 3.8) is 0 Å². The number of unbranched alkanes of at least 4 members (excludes halogenated alkanes) is 15. The summed E-state index contributed by atoms with van der Waals surface area (Å²) < 4.78 is 16.6. The lowest BCUT2D eigenvalue weighted by Crippen LogP contribution is -2.30. The van der Waals surface area contributed by atoms with Crippen molar-refractivity contribution in [3.8, 4) is 0 Å². The lowest BCUT2D eigenvalue weighted by molar-refractivity contribution is -0.166. The van der Waals surface area contributed by atoms with E-state index in [9.17, 15) is 14.4 Å². The zero-order valence-electron chi connectivity index (χ0n) is 38.7. The Morgan fingerprint density at radius 1 is 0.350 bits per heavy atom. The number of hydrogen-bond acceptors (Lipinski definition) is 6. The summed E-state index contributed by atoms with van der Waals surface area (Å²) in [4.78, 5) is 37.7. The molecule has 0 amide bonds. The summed E-state index contributed by atoms with van der Waals surface area (Å²) in [5.74, 6) is -1.02. The van der Waals surface area contributed by atoms with Crippen molar-refractivity contribution >= 4 is 17.9 Å². The molecule has 0 aliphatic rings. The van der Waals surface area contributed by atoms with E-state index in [1.807, 2.05) is 12.2 Å². The van der Waals surface area contributed by atoms with Gasteiger partial charge in [0.25, 0.3) is 0 Å². The van der Waals surface area contributed by atoms with Crippen LogP contribution < -0.4 is 0 Å². The molecule has 0 aromatic heterocycles. The molecule has 0 radical (unpaired) electrons. The van der Waals surface area contributed by atoms with Crippen molar-refractivity contribution in [3.05, 3.63) is 97.2 Å². The third kappa shape index (κ3) is 45.4. The molecule has 340 valence electrons. The molecule has 0 aromatic carbocycles. The fourth-order valence-corrected chi connectivity index (χ4v) is 6.20. The zero-order chi connectivity index (χ0) is 43.7. The monoisotopic (exact) mass is 833 g/mol. The molecule has 60 heavy (non-hydrogen) atoms. The molecular formula is C54H88O6. The third-order valence-corrected chi connectivity index (χ3v) is 9.84. The Bertz CT molecular complexity index is 1230. The smallest absolute Gasteiger partial charge is 0.306 e. The van der Waals surface area contributed by atoms with E-state index >= 15 is 0 Å². The second-order valence-corrected chi connectivity index (χ2v) is 15.6. The SMILES string of the molecule is CC/C=C\C/C=C\C/C=C\C/C=C\C/C=C\C/C=C\CCC(=O)OCC(COC(=O)CCCCCCCCC)OC(=O)CCCCCCC/C=C\C/C=C\CCCCCC. The number of carbonyl (C=O) groups excluding carboxylic acids is 3. The van der Waals surface area contributed by atoms with Crippen molar-refractivity contribution in [1.29, 1.82) is 0 Å². The summed E-state index contributed by atoms with van der Waals surface area (Å²) in [6, 6.07) is 0. The van der Waals surface area contributed by atoms with Crippen molar-refractivity contribution in [2.24, 2.45) is 0 Å². The van der Waals surface area contributed by atoms with Gasteiger partial charge in [0.1, 0.15) is 13.2 Å². The second kappa shape index (κ2) is 48.0. The molecule has 0 aromatic rings. The average Bonchev–Trinajstić information content (AvgIpc) is 3.24. The maximum atomic E-state index is 12.7. The van der Waals surface area contributed by atoms with Crippen LogP contribution in [-0.4, -0.2) is 37.2 Å². The van der Waals surface area contributed by atoms with Gasteiger partial charge >= 0.3 is 17.9 Å². The van der Waals surface area contributed by atoms with Crippen LogP contribution in [0.2, 0.25) is 0 Å². The van der Waals surface area contributed by atoms with E-state index in [0.717, 1.165) is 103 Å². The summed E-state index contributed by atoms with van der Waals surface area (Å²) in [5, 5.41) is 0. The van der Waals surface area contributed by atoms with Gasteiger partial charge in [0, 0.05) is 19.3 Å². The maximum absolute atomic E-state index is 12.7. The van der Waals surface area contributed by atoms with E-state index in [1.54, 1.807) is 0 Å². The lowest BCUT2D eigenvalue weighted by Gasteiger charge is -2.18. The van der Waals surface area contributed by atoms with Gasteiger partial charge in [-0.25, -0.2) is 0 Å². The molecule has 0 fully saturated rings. The minimum Gasteiger partial charge on any atom is -0.462 e. The maximum Gasteiger partial charge on any atom is 0.306 e. The highest BCUT2D eigenvalue weighted by molar-refractivity contribution is 5.71. The Labute approximate surface area is 368 Å².